The summed E-state index contributed by atoms with van der Waals surface area (Å²) in [5.74, 6) is 0.413. The number of hydrogen-bond donors (Lipinski definition) is 0. The monoisotopic (exact) mass is 398 g/mol. The highest BCUT2D eigenvalue weighted by Gasteiger charge is 2.29. The number of hydrogen-bond acceptors (Lipinski definition) is 5. The highest BCUT2D eigenvalue weighted by atomic mass is 32.1. The lowest BCUT2D eigenvalue weighted by Gasteiger charge is -2.29. The van der Waals surface area contributed by atoms with Gasteiger partial charge in [0.05, 0.1) is 12.2 Å². The third kappa shape index (κ3) is 4.54. The quantitative estimate of drug-likeness (QED) is 0.605. The van der Waals surface area contributed by atoms with Gasteiger partial charge in [-0.1, -0.05) is 26.8 Å². The number of carbonyl (C=O) groups excluding carboxylic acids is 1. The second-order valence-corrected chi connectivity index (χ2v) is 8.32. The maximum absolute atomic E-state index is 13.3. The molecular weight excluding hydrogens is 375 g/mol. The third-order valence-electron chi connectivity index (χ3n) is 4.16. The second-order valence-electron chi connectivity index (χ2n) is 7.49. The van der Waals surface area contributed by atoms with Crippen molar-refractivity contribution in [2.75, 3.05) is 16.8 Å². The molecule has 0 atom stereocenters. The number of rotatable bonds is 5. The van der Waals surface area contributed by atoms with Crippen LogP contribution in [0.15, 0.2) is 54.0 Å². The van der Waals surface area contributed by atoms with Gasteiger partial charge in [-0.2, -0.15) is 0 Å². The summed E-state index contributed by atoms with van der Waals surface area (Å²) in [6, 6.07) is 11.7. The molecular formula is C21H23FN4OS. The van der Waals surface area contributed by atoms with E-state index in [9.17, 15) is 9.18 Å². The zero-order valence-electron chi connectivity index (χ0n) is 16.4. The summed E-state index contributed by atoms with van der Waals surface area (Å²) in [5, 5.41) is 2.72. The predicted molar refractivity (Wildman–Crippen MR) is 111 cm³/mol. The van der Waals surface area contributed by atoms with Crippen LogP contribution in [0.4, 0.5) is 21.0 Å². The topological polar surface area (TPSA) is 49.3 Å². The summed E-state index contributed by atoms with van der Waals surface area (Å²) in [6.07, 6.45) is 1.73. The Hall–Kier alpha value is -2.80. The van der Waals surface area contributed by atoms with E-state index < -0.39 is 5.41 Å². The minimum absolute atomic E-state index is 0.0493. The van der Waals surface area contributed by atoms with E-state index in [1.165, 1.54) is 23.5 Å². The molecule has 146 valence electrons. The van der Waals surface area contributed by atoms with Gasteiger partial charge in [0.1, 0.15) is 11.6 Å². The first-order valence-electron chi connectivity index (χ1n) is 8.92. The van der Waals surface area contributed by atoms with Gasteiger partial charge < -0.3 is 9.80 Å². The standard InChI is InChI=1S/C21H23FN4OS/c1-21(2,3)19(27)26(17-10-8-15(22)9-11-17)13-16-14-28-20(24-16)25(4)18-7-5-6-12-23-18/h5-12,14H,13H2,1-4H3. The molecule has 1 aromatic carbocycles. The number of halogens is 1. The van der Waals surface area contributed by atoms with Crippen LogP contribution in [0.25, 0.3) is 0 Å². The highest BCUT2D eigenvalue weighted by molar-refractivity contribution is 7.13. The molecule has 2 heterocycles. The fraction of sp³-hybridized carbons (Fsp3) is 0.286. The third-order valence-corrected chi connectivity index (χ3v) is 5.13. The molecule has 0 aliphatic carbocycles. The molecule has 2 aromatic heterocycles. The Labute approximate surface area is 168 Å². The van der Waals surface area contributed by atoms with Crippen LogP contribution in [0, 0.1) is 11.2 Å². The van der Waals surface area contributed by atoms with E-state index in [1.54, 1.807) is 23.2 Å². The first kappa shape index (κ1) is 19.9. The molecule has 5 nitrogen and oxygen atoms in total. The number of benzene rings is 1. The van der Waals surface area contributed by atoms with Crippen molar-refractivity contribution >= 4 is 33.9 Å². The Morgan fingerprint density at radius 3 is 2.46 bits per heavy atom. The van der Waals surface area contributed by atoms with E-state index in [1.807, 2.05) is 56.3 Å². The van der Waals surface area contributed by atoms with Crippen molar-refractivity contribution in [3.05, 3.63) is 65.6 Å². The normalized spacial score (nSPS) is 11.3. The van der Waals surface area contributed by atoms with Gasteiger partial charge in [0.2, 0.25) is 5.91 Å². The second kappa shape index (κ2) is 8.06. The van der Waals surface area contributed by atoms with E-state index in [0.717, 1.165) is 16.6 Å². The minimum atomic E-state index is -0.571. The van der Waals surface area contributed by atoms with E-state index in [-0.39, 0.29) is 11.7 Å². The molecule has 0 unspecified atom stereocenters. The highest BCUT2D eigenvalue weighted by Crippen LogP contribution is 2.29. The first-order chi connectivity index (χ1) is 13.3. The molecule has 0 fully saturated rings. The fourth-order valence-corrected chi connectivity index (χ4v) is 3.43. The van der Waals surface area contributed by atoms with Gasteiger partial charge in [-0.05, 0) is 36.4 Å². The fourth-order valence-electron chi connectivity index (χ4n) is 2.64. The average molecular weight is 399 g/mol. The van der Waals surface area contributed by atoms with Crippen LogP contribution in [0.1, 0.15) is 26.5 Å². The Balaban J connectivity index is 1.86. The molecule has 0 aliphatic rings. The number of thiazole rings is 1. The van der Waals surface area contributed by atoms with Crippen LogP contribution in [-0.2, 0) is 11.3 Å². The van der Waals surface area contributed by atoms with Crippen LogP contribution < -0.4 is 9.80 Å². The summed E-state index contributed by atoms with van der Waals surface area (Å²) < 4.78 is 13.3. The zero-order valence-corrected chi connectivity index (χ0v) is 17.2. The van der Waals surface area contributed by atoms with Gasteiger partial charge in [0.15, 0.2) is 5.13 Å². The van der Waals surface area contributed by atoms with Crippen molar-refractivity contribution in [3.8, 4) is 0 Å². The molecule has 3 aromatic rings. The Bertz CT molecular complexity index is 935. The van der Waals surface area contributed by atoms with Gasteiger partial charge in [0.25, 0.3) is 0 Å². The van der Waals surface area contributed by atoms with Crippen LogP contribution in [0.3, 0.4) is 0 Å². The number of pyridine rings is 1. The maximum Gasteiger partial charge on any atom is 0.232 e. The lowest BCUT2D eigenvalue weighted by atomic mass is 9.94. The van der Waals surface area contributed by atoms with Crippen molar-refractivity contribution in [3.63, 3.8) is 0 Å². The lowest BCUT2D eigenvalue weighted by molar-refractivity contribution is -0.125. The van der Waals surface area contributed by atoms with E-state index in [4.69, 9.17) is 0 Å². The summed E-state index contributed by atoms with van der Waals surface area (Å²) in [7, 11) is 1.91. The number of aromatic nitrogens is 2. The Kier molecular flexibility index (Phi) is 5.74. The van der Waals surface area contributed by atoms with Gasteiger partial charge in [-0.3, -0.25) is 4.79 Å². The molecule has 0 N–H and O–H groups in total. The summed E-state index contributed by atoms with van der Waals surface area (Å²) >= 11 is 1.49. The van der Waals surface area contributed by atoms with Gasteiger partial charge in [0, 0.05) is 29.7 Å². The van der Waals surface area contributed by atoms with E-state index in [0.29, 0.717) is 12.2 Å². The van der Waals surface area contributed by atoms with Crippen LogP contribution in [0.5, 0.6) is 0 Å². The molecule has 7 heteroatoms. The molecule has 0 saturated carbocycles. The number of anilines is 3. The smallest absolute Gasteiger partial charge is 0.232 e. The summed E-state index contributed by atoms with van der Waals surface area (Å²) in [4.78, 5) is 25.6. The van der Waals surface area contributed by atoms with Gasteiger partial charge in [-0.25, -0.2) is 14.4 Å². The van der Waals surface area contributed by atoms with Crippen LogP contribution in [-0.4, -0.2) is 22.9 Å². The SMILES string of the molecule is CN(c1ccccn1)c1nc(CN(C(=O)C(C)(C)C)c2ccc(F)cc2)cs1. The minimum Gasteiger partial charge on any atom is -0.306 e. The Morgan fingerprint density at radius 1 is 1.14 bits per heavy atom. The van der Waals surface area contributed by atoms with E-state index in [2.05, 4.69) is 9.97 Å². The van der Waals surface area contributed by atoms with Crippen LogP contribution >= 0.6 is 11.3 Å². The van der Waals surface area contributed by atoms with Crippen molar-refractivity contribution in [1.82, 2.24) is 9.97 Å². The predicted octanol–water partition coefficient (Wildman–Crippen LogP) is 5.02. The van der Waals surface area contributed by atoms with Crippen molar-refractivity contribution in [2.24, 2.45) is 5.41 Å². The average Bonchev–Trinajstić information content (AvgIpc) is 3.14. The van der Waals surface area contributed by atoms with Crippen molar-refractivity contribution in [1.29, 1.82) is 0 Å². The molecule has 0 aliphatic heterocycles. The molecule has 0 radical (unpaired) electrons. The Morgan fingerprint density at radius 2 is 1.86 bits per heavy atom. The number of amides is 1. The molecule has 0 spiro atoms. The largest absolute Gasteiger partial charge is 0.306 e. The first-order valence-corrected chi connectivity index (χ1v) is 9.80. The number of carbonyl (C=O) groups is 1. The van der Waals surface area contributed by atoms with E-state index >= 15 is 0 Å². The molecule has 3 rings (SSSR count). The molecule has 28 heavy (non-hydrogen) atoms. The lowest BCUT2D eigenvalue weighted by Crippen LogP contribution is -2.39. The molecule has 0 bridgehead atoms. The van der Waals surface area contributed by atoms with Gasteiger partial charge in [-0.15, -0.1) is 11.3 Å². The van der Waals surface area contributed by atoms with Gasteiger partial charge >= 0.3 is 0 Å². The van der Waals surface area contributed by atoms with Crippen molar-refractivity contribution in [2.45, 2.75) is 27.3 Å². The molecule has 0 saturated heterocycles. The summed E-state index contributed by atoms with van der Waals surface area (Å²) in [5.41, 5.74) is 0.844. The number of nitrogens with zero attached hydrogens (tertiary/aromatic N) is 4. The molecule has 1 amide bonds. The summed E-state index contributed by atoms with van der Waals surface area (Å²) in [6.45, 7) is 5.92. The van der Waals surface area contributed by atoms with Crippen molar-refractivity contribution < 1.29 is 9.18 Å². The maximum atomic E-state index is 13.3. The van der Waals surface area contributed by atoms with Crippen LogP contribution in [0.2, 0.25) is 0 Å². The zero-order chi connectivity index (χ0) is 20.3.